The Bertz CT molecular complexity index is 751. The third-order valence-electron chi connectivity index (χ3n) is 5.09. The first-order chi connectivity index (χ1) is 13.2. The summed E-state index contributed by atoms with van der Waals surface area (Å²) in [5, 5.41) is 18.9. The fourth-order valence-corrected chi connectivity index (χ4v) is 4.99. The van der Waals surface area contributed by atoms with Crippen molar-refractivity contribution in [1.82, 2.24) is 25.4 Å². The van der Waals surface area contributed by atoms with Crippen molar-refractivity contribution in [3.05, 3.63) is 27.7 Å². The van der Waals surface area contributed by atoms with Gasteiger partial charge in [-0.3, -0.25) is 4.99 Å². The molecule has 0 aromatic carbocycles. The van der Waals surface area contributed by atoms with Crippen LogP contribution in [0.4, 0.5) is 0 Å². The Hall–Kier alpha value is -0.810. The Morgan fingerprint density at radius 2 is 2.11 bits per heavy atom. The zero-order valence-electron chi connectivity index (χ0n) is 16.9. The average molecular weight is 535 g/mol. The van der Waals surface area contributed by atoms with Crippen LogP contribution in [0.1, 0.15) is 54.4 Å². The van der Waals surface area contributed by atoms with Crippen LogP contribution in [0.5, 0.6) is 0 Å². The number of aryl methyl sites for hydroxylation is 2. The minimum atomic E-state index is 0. The predicted molar refractivity (Wildman–Crippen MR) is 130 cm³/mol. The molecule has 3 rings (SSSR count). The largest absolute Gasteiger partial charge is 0.356 e. The van der Waals surface area contributed by atoms with Gasteiger partial charge in [-0.25, -0.2) is 0 Å². The molecule has 6 nitrogen and oxygen atoms in total. The number of rotatable bonds is 8. The number of nitrogens with one attached hydrogen (secondary N) is 2. The highest BCUT2D eigenvalue weighted by Crippen LogP contribution is 2.33. The molecule has 0 bridgehead atoms. The molecule has 28 heavy (non-hydrogen) atoms. The quantitative estimate of drug-likeness (QED) is 0.173. The Kier molecular flexibility index (Phi) is 10.1. The fraction of sp³-hybridized carbons (Fsp3) is 0.632. The lowest BCUT2D eigenvalue weighted by atomic mass is 10.2. The maximum Gasteiger partial charge on any atom is 0.191 e. The van der Waals surface area contributed by atoms with E-state index in [0.717, 1.165) is 42.9 Å². The summed E-state index contributed by atoms with van der Waals surface area (Å²) in [6, 6.07) is 2.75. The summed E-state index contributed by atoms with van der Waals surface area (Å²) in [5.41, 5.74) is 1.33. The number of aliphatic imine (C=N–C) groups is 1. The summed E-state index contributed by atoms with van der Waals surface area (Å²) >= 11 is 3.48. The summed E-state index contributed by atoms with van der Waals surface area (Å²) in [5.74, 6) is 1.98. The highest BCUT2D eigenvalue weighted by Gasteiger charge is 2.23. The highest BCUT2D eigenvalue weighted by molar-refractivity contribution is 14.0. The minimum absolute atomic E-state index is 0. The first-order valence-electron chi connectivity index (χ1n) is 9.68. The van der Waals surface area contributed by atoms with Crippen LogP contribution >= 0.6 is 47.1 Å². The smallest absolute Gasteiger partial charge is 0.191 e. The molecular weight excluding hydrogens is 503 g/mol. The summed E-state index contributed by atoms with van der Waals surface area (Å²) in [4.78, 5) is 5.68. The Morgan fingerprint density at radius 1 is 1.32 bits per heavy atom. The van der Waals surface area contributed by atoms with Crippen molar-refractivity contribution in [2.45, 2.75) is 63.2 Å². The molecular formula is C19H31IN6S2. The molecule has 0 atom stereocenters. The van der Waals surface area contributed by atoms with Crippen molar-refractivity contribution in [2.75, 3.05) is 19.8 Å². The molecule has 0 saturated heterocycles. The average Bonchev–Trinajstić information content (AvgIpc) is 3.41. The third kappa shape index (κ3) is 6.09. The molecule has 2 heterocycles. The van der Waals surface area contributed by atoms with E-state index in [1.807, 2.05) is 7.05 Å². The normalized spacial score (nSPS) is 14.9. The molecule has 2 N–H and O–H groups in total. The number of thioether (sulfide) groups is 1. The number of aromatic nitrogens is 3. The molecule has 1 saturated carbocycles. The molecule has 2 aromatic heterocycles. The number of nitrogens with zero attached hydrogens (tertiary/aromatic N) is 4. The van der Waals surface area contributed by atoms with Gasteiger partial charge in [0.2, 0.25) is 0 Å². The summed E-state index contributed by atoms with van der Waals surface area (Å²) in [7, 11) is 1.82. The lowest BCUT2D eigenvalue weighted by Crippen LogP contribution is -2.37. The number of hydrogen-bond acceptors (Lipinski definition) is 5. The summed E-state index contributed by atoms with van der Waals surface area (Å²) in [6.45, 7) is 3.83. The molecule has 0 aliphatic heterocycles. The van der Waals surface area contributed by atoms with E-state index >= 15 is 0 Å². The van der Waals surface area contributed by atoms with Crippen LogP contribution in [0.3, 0.4) is 0 Å². The summed E-state index contributed by atoms with van der Waals surface area (Å²) < 4.78 is 2.39. The van der Waals surface area contributed by atoms with Gasteiger partial charge in [-0.1, -0.05) is 24.6 Å². The third-order valence-corrected chi connectivity index (χ3v) is 6.75. The molecule has 1 fully saturated rings. The first-order valence-corrected chi connectivity index (χ1v) is 11.8. The molecule has 1 aliphatic rings. The van der Waals surface area contributed by atoms with Gasteiger partial charge in [0.05, 0.1) is 6.54 Å². The van der Waals surface area contributed by atoms with Gasteiger partial charge in [0, 0.05) is 30.9 Å². The summed E-state index contributed by atoms with van der Waals surface area (Å²) in [6.07, 6.45) is 9.21. The van der Waals surface area contributed by atoms with Crippen molar-refractivity contribution in [1.29, 1.82) is 0 Å². The molecule has 1 aliphatic carbocycles. The van der Waals surface area contributed by atoms with Crippen LogP contribution in [-0.2, 0) is 13.0 Å². The zero-order valence-corrected chi connectivity index (χ0v) is 20.9. The molecule has 2 aromatic rings. The number of thiophene rings is 1. The van der Waals surface area contributed by atoms with Crippen LogP contribution in [0.15, 0.2) is 21.6 Å². The van der Waals surface area contributed by atoms with Gasteiger partial charge in [-0.05, 0) is 49.5 Å². The lowest BCUT2D eigenvalue weighted by Gasteiger charge is -2.16. The maximum atomic E-state index is 4.47. The van der Waals surface area contributed by atoms with Crippen molar-refractivity contribution >= 4 is 53.0 Å². The second-order valence-electron chi connectivity index (χ2n) is 6.89. The van der Waals surface area contributed by atoms with Gasteiger partial charge in [0.1, 0.15) is 5.82 Å². The molecule has 0 radical (unpaired) electrons. The lowest BCUT2D eigenvalue weighted by molar-refractivity contribution is 0.460. The van der Waals surface area contributed by atoms with E-state index in [-0.39, 0.29) is 24.0 Å². The van der Waals surface area contributed by atoms with Gasteiger partial charge in [-0.15, -0.1) is 45.5 Å². The van der Waals surface area contributed by atoms with Gasteiger partial charge < -0.3 is 15.2 Å². The molecule has 0 unspecified atom stereocenters. The monoisotopic (exact) mass is 534 g/mol. The topological polar surface area (TPSA) is 67.1 Å². The molecule has 156 valence electrons. The Balaban J connectivity index is 0.00000280. The van der Waals surface area contributed by atoms with Crippen LogP contribution in [0.25, 0.3) is 0 Å². The van der Waals surface area contributed by atoms with E-state index in [1.54, 1.807) is 23.1 Å². The van der Waals surface area contributed by atoms with Crippen LogP contribution in [-0.4, -0.2) is 40.6 Å². The van der Waals surface area contributed by atoms with Crippen molar-refractivity contribution in [2.24, 2.45) is 4.99 Å². The highest BCUT2D eigenvalue weighted by atomic mass is 127. The Labute approximate surface area is 193 Å². The molecule has 9 heteroatoms. The van der Waals surface area contributed by atoms with E-state index in [0.29, 0.717) is 6.04 Å². The molecule has 0 spiro atoms. The van der Waals surface area contributed by atoms with Gasteiger partial charge in [-0.2, -0.15) is 0 Å². The van der Waals surface area contributed by atoms with Crippen molar-refractivity contribution in [3.63, 3.8) is 0 Å². The maximum absolute atomic E-state index is 4.47. The Morgan fingerprint density at radius 3 is 2.75 bits per heavy atom. The number of hydrogen-bond donors (Lipinski definition) is 2. The standard InChI is InChI=1S/C19H30N6S2.HI/c1-14-10-12-27-16(14)13-22-18(20-2)21-11-6-9-17-23-24-19(26-3)25(17)15-7-4-5-8-15;/h10,12,15H,4-9,11,13H2,1-3H3,(H2,20,21,22);1H. The molecule has 0 amide bonds. The van der Waals surface area contributed by atoms with Gasteiger partial charge in [0.15, 0.2) is 11.1 Å². The van der Waals surface area contributed by atoms with Gasteiger partial charge in [0.25, 0.3) is 0 Å². The second kappa shape index (κ2) is 12.0. The fourth-order valence-electron chi connectivity index (χ4n) is 3.57. The van der Waals surface area contributed by atoms with E-state index in [4.69, 9.17) is 0 Å². The van der Waals surface area contributed by atoms with E-state index < -0.39 is 0 Å². The van der Waals surface area contributed by atoms with E-state index in [2.05, 4.69) is 55.0 Å². The zero-order chi connectivity index (χ0) is 19.1. The minimum Gasteiger partial charge on any atom is -0.356 e. The van der Waals surface area contributed by atoms with Crippen LogP contribution in [0.2, 0.25) is 0 Å². The van der Waals surface area contributed by atoms with E-state index in [9.17, 15) is 0 Å². The predicted octanol–water partition coefficient (Wildman–Crippen LogP) is 4.40. The number of guanidine groups is 1. The van der Waals surface area contributed by atoms with Gasteiger partial charge >= 0.3 is 0 Å². The first kappa shape index (κ1) is 23.5. The number of halogens is 1. The van der Waals surface area contributed by atoms with Crippen molar-refractivity contribution in [3.8, 4) is 0 Å². The van der Waals surface area contributed by atoms with Crippen LogP contribution < -0.4 is 10.6 Å². The van der Waals surface area contributed by atoms with Crippen LogP contribution in [0, 0.1) is 6.92 Å². The van der Waals surface area contributed by atoms with Crippen molar-refractivity contribution < 1.29 is 0 Å². The van der Waals surface area contributed by atoms with E-state index in [1.165, 1.54) is 36.1 Å². The second-order valence-corrected chi connectivity index (χ2v) is 8.67. The SMILES string of the molecule is CN=C(NCCCc1nnc(SC)n1C1CCCC1)NCc1sccc1C.I.